The van der Waals surface area contributed by atoms with E-state index >= 15 is 0 Å². The highest BCUT2D eigenvalue weighted by atomic mass is 32.1. The SMILES string of the molecule is CCc1c(C)nc(-n2nc(-c3cccs3)cc2NC(=O)c2cc(OC)cc(OC)c2)[nH]c1=O. The second kappa shape index (κ2) is 9.29. The molecule has 170 valence electrons. The number of carbonyl (C=O) groups excluding carboxylic acids is 1. The summed E-state index contributed by atoms with van der Waals surface area (Å²) >= 11 is 1.52. The van der Waals surface area contributed by atoms with Gasteiger partial charge in [-0.05, 0) is 36.9 Å². The zero-order chi connectivity index (χ0) is 23.5. The first-order valence-electron chi connectivity index (χ1n) is 10.2. The molecule has 3 aromatic heterocycles. The number of amides is 1. The summed E-state index contributed by atoms with van der Waals surface area (Å²) in [5.41, 5.74) is 1.97. The molecule has 0 bridgehead atoms. The van der Waals surface area contributed by atoms with Gasteiger partial charge in [0, 0.05) is 29.0 Å². The van der Waals surface area contributed by atoms with Crippen molar-refractivity contribution >= 4 is 23.1 Å². The summed E-state index contributed by atoms with van der Waals surface area (Å²) in [5.74, 6) is 1.16. The zero-order valence-corrected chi connectivity index (χ0v) is 19.4. The van der Waals surface area contributed by atoms with Gasteiger partial charge >= 0.3 is 0 Å². The third-order valence-electron chi connectivity index (χ3n) is 5.10. The Kier molecular flexibility index (Phi) is 6.27. The van der Waals surface area contributed by atoms with Crippen molar-refractivity contribution in [2.75, 3.05) is 19.5 Å². The molecule has 0 aliphatic heterocycles. The summed E-state index contributed by atoms with van der Waals surface area (Å²) < 4.78 is 12.0. The van der Waals surface area contributed by atoms with Crippen LogP contribution >= 0.6 is 11.3 Å². The molecule has 0 fully saturated rings. The van der Waals surface area contributed by atoms with Crippen molar-refractivity contribution in [3.63, 3.8) is 0 Å². The second-order valence-electron chi connectivity index (χ2n) is 7.17. The van der Waals surface area contributed by atoms with Crippen molar-refractivity contribution in [3.05, 3.63) is 69.0 Å². The molecule has 2 N–H and O–H groups in total. The van der Waals surface area contributed by atoms with Crippen LogP contribution in [0, 0.1) is 6.92 Å². The molecule has 9 nitrogen and oxygen atoms in total. The topological polar surface area (TPSA) is 111 Å². The lowest BCUT2D eigenvalue weighted by Crippen LogP contribution is -2.22. The van der Waals surface area contributed by atoms with Gasteiger partial charge in [0.05, 0.1) is 19.1 Å². The van der Waals surface area contributed by atoms with Crippen molar-refractivity contribution < 1.29 is 14.3 Å². The molecule has 0 radical (unpaired) electrons. The predicted octanol–water partition coefficient (Wildman–Crippen LogP) is 3.82. The molecule has 4 aromatic rings. The first-order valence-corrected chi connectivity index (χ1v) is 11.1. The predicted molar refractivity (Wildman–Crippen MR) is 127 cm³/mol. The molecule has 0 unspecified atom stereocenters. The van der Waals surface area contributed by atoms with Crippen LogP contribution in [0.15, 0.2) is 46.6 Å². The van der Waals surface area contributed by atoms with Gasteiger partial charge in [-0.1, -0.05) is 13.0 Å². The van der Waals surface area contributed by atoms with Crippen molar-refractivity contribution in [2.24, 2.45) is 0 Å². The zero-order valence-electron chi connectivity index (χ0n) is 18.6. The van der Waals surface area contributed by atoms with E-state index in [4.69, 9.17) is 9.47 Å². The molecule has 0 aliphatic rings. The maximum Gasteiger partial charge on any atom is 0.257 e. The number of aromatic nitrogens is 4. The molecule has 1 amide bonds. The Bertz CT molecular complexity index is 1340. The number of nitrogens with one attached hydrogen (secondary N) is 2. The Balaban J connectivity index is 1.78. The van der Waals surface area contributed by atoms with Gasteiger partial charge in [0.1, 0.15) is 23.0 Å². The van der Waals surface area contributed by atoms with Gasteiger partial charge in [-0.25, -0.2) is 4.98 Å². The van der Waals surface area contributed by atoms with Gasteiger partial charge in [0.15, 0.2) is 0 Å². The van der Waals surface area contributed by atoms with Crippen LogP contribution in [-0.4, -0.2) is 39.9 Å². The van der Waals surface area contributed by atoms with Crippen molar-refractivity contribution in [1.29, 1.82) is 0 Å². The lowest BCUT2D eigenvalue weighted by molar-refractivity contribution is 0.102. The number of ether oxygens (including phenoxy) is 2. The molecule has 10 heteroatoms. The van der Waals surface area contributed by atoms with Crippen molar-refractivity contribution in [3.8, 4) is 28.0 Å². The van der Waals surface area contributed by atoms with E-state index in [1.807, 2.05) is 24.4 Å². The van der Waals surface area contributed by atoms with Crippen LogP contribution < -0.4 is 20.3 Å². The molecule has 0 aliphatic carbocycles. The smallest absolute Gasteiger partial charge is 0.257 e. The van der Waals surface area contributed by atoms with E-state index in [0.717, 1.165) is 4.88 Å². The molecule has 1 aromatic carbocycles. The fourth-order valence-corrected chi connectivity index (χ4v) is 4.10. The normalized spacial score (nSPS) is 10.8. The van der Waals surface area contributed by atoms with Gasteiger partial charge in [-0.15, -0.1) is 11.3 Å². The van der Waals surface area contributed by atoms with E-state index in [1.165, 1.54) is 30.2 Å². The highest BCUT2D eigenvalue weighted by molar-refractivity contribution is 7.13. The summed E-state index contributed by atoms with van der Waals surface area (Å²) in [6.45, 7) is 3.68. The summed E-state index contributed by atoms with van der Waals surface area (Å²) in [6, 6.07) is 10.5. The first-order chi connectivity index (χ1) is 15.9. The fraction of sp³-hybridized carbons (Fsp3) is 0.217. The fourth-order valence-electron chi connectivity index (χ4n) is 3.42. The molecular formula is C23H23N5O4S. The number of aryl methyl sites for hydroxylation is 1. The van der Waals surface area contributed by atoms with E-state index < -0.39 is 5.91 Å². The van der Waals surface area contributed by atoms with Crippen LogP contribution in [-0.2, 0) is 6.42 Å². The number of hydrogen-bond acceptors (Lipinski definition) is 7. The Hall–Kier alpha value is -3.92. The highest BCUT2D eigenvalue weighted by Gasteiger charge is 2.19. The number of H-pyrrole nitrogens is 1. The van der Waals surface area contributed by atoms with E-state index in [-0.39, 0.29) is 11.5 Å². The molecule has 3 heterocycles. The van der Waals surface area contributed by atoms with E-state index in [2.05, 4.69) is 20.4 Å². The maximum atomic E-state index is 13.1. The molecule has 4 rings (SSSR count). The van der Waals surface area contributed by atoms with E-state index in [0.29, 0.717) is 46.3 Å². The van der Waals surface area contributed by atoms with Crippen LogP contribution in [0.25, 0.3) is 16.5 Å². The average Bonchev–Trinajstić information content (AvgIpc) is 3.48. The summed E-state index contributed by atoms with van der Waals surface area (Å²) in [7, 11) is 3.03. The first kappa shape index (κ1) is 22.3. The number of hydrogen-bond donors (Lipinski definition) is 2. The van der Waals surface area contributed by atoms with Crippen LogP contribution in [0.4, 0.5) is 5.82 Å². The largest absolute Gasteiger partial charge is 0.497 e. The Morgan fingerprint density at radius 2 is 1.91 bits per heavy atom. The van der Waals surface area contributed by atoms with Crippen molar-refractivity contribution in [1.82, 2.24) is 19.7 Å². The molecule has 0 saturated carbocycles. The molecule has 0 saturated heterocycles. The van der Waals surface area contributed by atoms with Crippen molar-refractivity contribution in [2.45, 2.75) is 20.3 Å². The molecule has 33 heavy (non-hydrogen) atoms. The van der Waals surface area contributed by atoms with Crippen LogP contribution in [0.1, 0.15) is 28.5 Å². The van der Waals surface area contributed by atoms with Crippen LogP contribution in [0.3, 0.4) is 0 Å². The number of thiophene rings is 1. The minimum Gasteiger partial charge on any atom is -0.497 e. The Morgan fingerprint density at radius 3 is 2.48 bits per heavy atom. The van der Waals surface area contributed by atoms with Gasteiger partial charge in [-0.2, -0.15) is 9.78 Å². The van der Waals surface area contributed by atoms with Crippen LogP contribution in [0.2, 0.25) is 0 Å². The Labute approximate surface area is 194 Å². The summed E-state index contributed by atoms with van der Waals surface area (Å²) in [4.78, 5) is 33.9. The maximum absolute atomic E-state index is 13.1. The highest BCUT2D eigenvalue weighted by Crippen LogP contribution is 2.28. The van der Waals surface area contributed by atoms with Gasteiger partial charge in [0.2, 0.25) is 5.95 Å². The number of carbonyl (C=O) groups is 1. The summed E-state index contributed by atoms with van der Waals surface area (Å²) in [5, 5.41) is 9.42. The summed E-state index contributed by atoms with van der Waals surface area (Å²) in [6.07, 6.45) is 0.565. The van der Waals surface area contributed by atoms with E-state index in [9.17, 15) is 9.59 Å². The van der Waals surface area contributed by atoms with E-state index in [1.54, 1.807) is 31.2 Å². The van der Waals surface area contributed by atoms with Gasteiger partial charge in [-0.3, -0.25) is 14.6 Å². The number of benzene rings is 1. The number of methoxy groups -OCH3 is 2. The number of aromatic amines is 1. The molecular weight excluding hydrogens is 442 g/mol. The van der Waals surface area contributed by atoms with Gasteiger partial charge in [0.25, 0.3) is 11.5 Å². The molecule has 0 atom stereocenters. The lowest BCUT2D eigenvalue weighted by atomic mass is 10.2. The van der Waals surface area contributed by atoms with Crippen LogP contribution in [0.5, 0.6) is 11.5 Å². The quantitative estimate of drug-likeness (QED) is 0.429. The average molecular weight is 466 g/mol. The second-order valence-corrected chi connectivity index (χ2v) is 8.11. The molecule has 0 spiro atoms. The number of rotatable bonds is 7. The van der Waals surface area contributed by atoms with Gasteiger partial charge < -0.3 is 14.8 Å². The number of nitrogens with zero attached hydrogens (tertiary/aromatic N) is 3. The standard InChI is InChI=1S/C23H23N5O4S/c1-5-17-13(2)24-23(26-22(17)30)28-20(12-18(27-28)19-7-6-8-33-19)25-21(29)14-9-15(31-3)11-16(10-14)32-4/h6-12H,5H2,1-4H3,(H,25,29)(H,24,26,30). The minimum atomic E-state index is -0.393. The Morgan fingerprint density at radius 1 is 1.18 bits per heavy atom. The third-order valence-corrected chi connectivity index (χ3v) is 5.99. The minimum absolute atomic E-state index is 0.219. The number of anilines is 1. The third kappa shape index (κ3) is 4.51. The lowest BCUT2D eigenvalue weighted by Gasteiger charge is -2.11. The monoisotopic (exact) mass is 465 g/mol.